The van der Waals surface area contributed by atoms with Gasteiger partial charge in [0, 0.05) is 16.7 Å². The van der Waals surface area contributed by atoms with Gasteiger partial charge < -0.3 is 29.5 Å². The summed E-state index contributed by atoms with van der Waals surface area (Å²) in [6, 6.07) is 22.2. The number of hydrogen-bond acceptors (Lipinski definition) is 6. The van der Waals surface area contributed by atoms with Gasteiger partial charge in [0.25, 0.3) is 0 Å². The lowest BCUT2D eigenvalue weighted by Crippen LogP contribution is -2.33. The van der Waals surface area contributed by atoms with Gasteiger partial charge in [-0.15, -0.1) is 0 Å². The molecule has 4 rings (SSSR count). The second-order valence-corrected chi connectivity index (χ2v) is 8.94. The van der Waals surface area contributed by atoms with Gasteiger partial charge in [0.15, 0.2) is 6.10 Å². The van der Waals surface area contributed by atoms with Crippen LogP contribution in [-0.2, 0) is 19.1 Å². The minimum Gasteiger partial charge on any atom is -0.481 e. The van der Waals surface area contributed by atoms with Crippen LogP contribution in [-0.4, -0.2) is 52.2 Å². The molecule has 1 unspecified atom stereocenters. The Morgan fingerprint density at radius 3 is 1.75 bits per heavy atom. The van der Waals surface area contributed by atoms with Crippen molar-refractivity contribution in [2.45, 2.75) is 31.7 Å². The van der Waals surface area contributed by atoms with E-state index < -0.39 is 30.3 Å². The Bertz CT molecular complexity index is 1180. The zero-order valence-electron chi connectivity index (χ0n) is 21.2. The van der Waals surface area contributed by atoms with Crippen LogP contribution < -0.4 is 9.47 Å². The van der Waals surface area contributed by atoms with Gasteiger partial charge in [0.1, 0.15) is 11.5 Å². The van der Waals surface area contributed by atoms with Crippen molar-refractivity contribution in [1.29, 1.82) is 0 Å². The SMILES string of the molecule is O=C(O)C(Oc1ccc(Cl)cc1)Oc1ccc(Cl)cc1.O=C(O)C/C=C/c1ccccc1.O=C(O)C1CCCO1. The van der Waals surface area contributed by atoms with Crippen LogP contribution in [0, 0.1) is 0 Å². The number of hydrogen-bond donors (Lipinski definition) is 3. The highest BCUT2D eigenvalue weighted by molar-refractivity contribution is 6.30. The topological polar surface area (TPSA) is 140 Å². The average molecular weight is 591 g/mol. The molecular formula is C29H28Cl2O9. The third-order valence-corrected chi connectivity index (χ3v) is 5.43. The summed E-state index contributed by atoms with van der Waals surface area (Å²) in [7, 11) is 0. The van der Waals surface area contributed by atoms with Crippen molar-refractivity contribution in [3.63, 3.8) is 0 Å². The molecule has 0 aromatic heterocycles. The van der Waals surface area contributed by atoms with Gasteiger partial charge in [-0.05, 0) is 66.9 Å². The fraction of sp³-hybridized carbons (Fsp3) is 0.207. The van der Waals surface area contributed by atoms with E-state index in [2.05, 4.69) is 0 Å². The molecule has 9 nitrogen and oxygen atoms in total. The number of carboxylic acids is 3. The molecule has 0 radical (unpaired) electrons. The van der Waals surface area contributed by atoms with E-state index in [1.807, 2.05) is 30.3 Å². The van der Waals surface area contributed by atoms with Crippen LogP contribution in [0.25, 0.3) is 6.08 Å². The first-order valence-electron chi connectivity index (χ1n) is 12.0. The Morgan fingerprint density at radius 2 is 1.38 bits per heavy atom. The molecule has 3 aromatic carbocycles. The van der Waals surface area contributed by atoms with Crippen LogP contribution in [0.2, 0.25) is 10.0 Å². The number of aliphatic carboxylic acids is 3. The molecule has 0 spiro atoms. The Hall–Kier alpha value is -4.05. The zero-order chi connectivity index (χ0) is 29.3. The third kappa shape index (κ3) is 13.1. The lowest BCUT2D eigenvalue weighted by atomic mass is 10.2. The summed E-state index contributed by atoms with van der Waals surface area (Å²) < 4.78 is 15.3. The summed E-state index contributed by atoms with van der Waals surface area (Å²) in [6.07, 6.45) is 3.10. The molecule has 0 bridgehead atoms. The smallest absolute Gasteiger partial charge is 0.387 e. The van der Waals surface area contributed by atoms with Crippen molar-refractivity contribution in [3.8, 4) is 11.5 Å². The summed E-state index contributed by atoms with van der Waals surface area (Å²) in [5, 5.41) is 26.8. The van der Waals surface area contributed by atoms with Crippen LogP contribution in [0.15, 0.2) is 84.9 Å². The Morgan fingerprint density at radius 1 is 0.850 bits per heavy atom. The molecule has 1 atom stereocenters. The maximum atomic E-state index is 11.1. The first kappa shape index (κ1) is 32.2. The number of rotatable bonds is 9. The molecule has 1 heterocycles. The fourth-order valence-electron chi connectivity index (χ4n) is 3.03. The van der Waals surface area contributed by atoms with Crippen LogP contribution in [0.1, 0.15) is 24.8 Å². The molecule has 0 amide bonds. The van der Waals surface area contributed by atoms with Gasteiger partial charge in [0.05, 0.1) is 6.42 Å². The van der Waals surface area contributed by atoms with Gasteiger partial charge in [-0.2, -0.15) is 0 Å². The number of halogens is 2. The second kappa shape index (κ2) is 17.5. The van der Waals surface area contributed by atoms with E-state index in [0.29, 0.717) is 34.6 Å². The molecule has 212 valence electrons. The van der Waals surface area contributed by atoms with E-state index >= 15 is 0 Å². The van der Waals surface area contributed by atoms with Gasteiger partial charge in [-0.3, -0.25) is 4.79 Å². The molecule has 1 saturated heterocycles. The van der Waals surface area contributed by atoms with E-state index in [1.165, 1.54) is 0 Å². The fourth-order valence-corrected chi connectivity index (χ4v) is 3.28. The van der Waals surface area contributed by atoms with Crippen molar-refractivity contribution in [2.24, 2.45) is 0 Å². The van der Waals surface area contributed by atoms with Gasteiger partial charge in [0.2, 0.25) is 0 Å². The molecule has 0 aliphatic carbocycles. The van der Waals surface area contributed by atoms with Crippen molar-refractivity contribution >= 4 is 47.2 Å². The predicted octanol–water partition coefficient (Wildman–Crippen LogP) is 6.29. The lowest BCUT2D eigenvalue weighted by molar-refractivity contribution is -0.158. The first-order valence-corrected chi connectivity index (χ1v) is 12.7. The summed E-state index contributed by atoms with van der Waals surface area (Å²) in [5.41, 5.74) is 1.03. The summed E-state index contributed by atoms with van der Waals surface area (Å²) in [5.74, 6) is -2.19. The normalized spacial score (nSPS) is 13.9. The van der Waals surface area contributed by atoms with Crippen LogP contribution in [0.3, 0.4) is 0 Å². The van der Waals surface area contributed by atoms with E-state index in [9.17, 15) is 14.4 Å². The van der Waals surface area contributed by atoms with Gasteiger partial charge >= 0.3 is 24.2 Å². The average Bonchev–Trinajstić information content (AvgIpc) is 3.48. The molecule has 3 N–H and O–H groups in total. The van der Waals surface area contributed by atoms with Gasteiger partial charge in [-0.1, -0.05) is 65.7 Å². The zero-order valence-corrected chi connectivity index (χ0v) is 22.7. The Balaban J connectivity index is 0.000000236. The number of carboxylic acid groups (broad SMARTS) is 3. The van der Waals surface area contributed by atoms with Crippen molar-refractivity contribution < 1.29 is 43.9 Å². The van der Waals surface area contributed by atoms with E-state index in [0.717, 1.165) is 12.0 Å². The van der Waals surface area contributed by atoms with E-state index in [-0.39, 0.29) is 6.42 Å². The molecule has 1 aliphatic rings. The highest BCUT2D eigenvalue weighted by Gasteiger charge is 2.22. The molecule has 40 heavy (non-hydrogen) atoms. The monoisotopic (exact) mass is 590 g/mol. The molecule has 11 heteroatoms. The quantitative estimate of drug-likeness (QED) is 0.245. The maximum Gasteiger partial charge on any atom is 0.387 e. The number of ether oxygens (including phenoxy) is 3. The van der Waals surface area contributed by atoms with E-state index in [1.54, 1.807) is 60.7 Å². The number of carbonyl (C=O) groups is 3. The molecule has 3 aromatic rings. The summed E-state index contributed by atoms with van der Waals surface area (Å²) >= 11 is 11.5. The van der Waals surface area contributed by atoms with Crippen molar-refractivity contribution in [1.82, 2.24) is 0 Å². The highest BCUT2D eigenvalue weighted by atomic mass is 35.5. The molecular weight excluding hydrogens is 563 g/mol. The molecule has 1 aliphatic heterocycles. The standard InChI is InChI=1S/C14H10Cl2O4.C10H10O2.C5H8O3/c15-9-1-5-11(6-2-9)19-14(13(17)18)20-12-7-3-10(16)4-8-12;11-10(12)8-4-7-9-5-2-1-3-6-9;6-5(7)4-2-1-3-8-4/h1-8,14H,(H,17,18);1-7H,8H2,(H,11,12);4H,1-3H2,(H,6,7)/b;7-4+;. The largest absolute Gasteiger partial charge is 0.481 e. The summed E-state index contributed by atoms with van der Waals surface area (Å²) in [4.78, 5) is 31.4. The Labute approximate surface area is 241 Å². The third-order valence-electron chi connectivity index (χ3n) is 4.92. The minimum atomic E-state index is -1.46. The molecule has 0 saturated carbocycles. The molecule has 1 fully saturated rings. The maximum absolute atomic E-state index is 11.1. The number of benzene rings is 3. The first-order chi connectivity index (χ1) is 19.1. The van der Waals surface area contributed by atoms with E-state index in [4.69, 9.17) is 52.7 Å². The Kier molecular flexibility index (Phi) is 14.1. The summed E-state index contributed by atoms with van der Waals surface area (Å²) in [6.45, 7) is 0.608. The van der Waals surface area contributed by atoms with Crippen molar-refractivity contribution in [2.75, 3.05) is 6.61 Å². The van der Waals surface area contributed by atoms with Crippen LogP contribution >= 0.6 is 23.2 Å². The minimum absolute atomic E-state index is 0.0783. The van der Waals surface area contributed by atoms with Crippen LogP contribution in [0.5, 0.6) is 11.5 Å². The predicted molar refractivity (Wildman–Crippen MR) is 150 cm³/mol. The highest BCUT2D eigenvalue weighted by Crippen LogP contribution is 2.20. The second-order valence-electron chi connectivity index (χ2n) is 8.06. The van der Waals surface area contributed by atoms with Crippen LogP contribution in [0.4, 0.5) is 0 Å². The van der Waals surface area contributed by atoms with Gasteiger partial charge in [-0.25, -0.2) is 9.59 Å². The lowest BCUT2D eigenvalue weighted by Gasteiger charge is -2.16. The van der Waals surface area contributed by atoms with Crippen molar-refractivity contribution in [3.05, 3.63) is 101 Å².